The molecule has 3 aromatic rings. The van der Waals surface area contributed by atoms with Gasteiger partial charge in [-0.05, 0) is 48.0 Å². The Labute approximate surface area is 174 Å². The molecule has 0 spiro atoms. The molecule has 0 bridgehead atoms. The van der Waals surface area contributed by atoms with E-state index >= 15 is 0 Å². The van der Waals surface area contributed by atoms with Gasteiger partial charge in [0.25, 0.3) is 5.91 Å². The molecular weight excluding hydrogens is 386 g/mol. The highest BCUT2D eigenvalue weighted by molar-refractivity contribution is 6.33. The van der Waals surface area contributed by atoms with Gasteiger partial charge in [0, 0.05) is 36.8 Å². The number of aliphatic imine (C=N–C) groups is 1. The van der Waals surface area contributed by atoms with Gasteiger partial charge < -0.3 is 5.32 Å². The maximum Gasteiger partial charge on any atom is 0.255 e. The molecule has 6 nitrogen and oxygen atoms in total. The molecule has 7 heteroatoms. The van der Waals surface area contributed by atoms with Gasteiger partial charge in [-0.15, -0.1) is 0 Å². The van der Waals surface area contributed by atoms with E-state index in [-0.39, 0.29) is 5.91 Å². The van der Waals surface area contributed by atoms with Gasteiger partial charge in [-0.25, -0.2) is 0 Å². The molecule has 1 amide bonds. The lowest BCUT2D eigenvalue weighted by atomic mass is 10.1. The average Bonchev–Trinajstić information content (AvgIpc) is 2.75. The third-order valence-corrected chi connectivity index (χ3v) is 4.49. The molecule has 0 unspecified atom stereocenters. The van der Waals surface area contributed by atoms with Crippen LogP contribution in [0.3, 0.4) is 0 Å². The number of halogens is 1. The van der Waals surface area contributed by atoms with Gasteiger partial charge in [0.05, 0.1) is 17.3 Å². The smallest absolute Gasteiger partial charge is 0.255 e. The van der Waals surface area contributed by atoms with Crippen LogP contribution in [0.4, 0.5) is 5.69 Å². The van der Waals surface area contributed by atoms with Crippen LogP contribution < -0.4 is 5.32 Å². The summed E-state index contributed by atoms with van der Waals surface area (Å²) in [5.74, 6) is -0.209. The van der Waals surface area contributed by atoms with Crippen molar-refractivity contribution in [1.29, 1.82) is 0 Å². The zero-order valence-electron chi connectivity index (χ0n) is 15.9. The Kier molecular flexibility index (Phi) is 6.71. The van der Waals surface area contributed by atoms with E-state index < -0.39 is 0 Å². The lowest BCUT2D eigenvalue weighted by molar-refractivity contribution is 0.102. The molecule has 0 saturated heterocycles. The van der Waals surface area contributed by atoms with Crippen LogP contribution in [0.1, 0.15) is 15.9 Å². The lowest BCUT2D eigenvalue weighted by Crippen LogP contribution is -2.15. The molecule has 3 rings (SSSR count). The maximum atomic E-state index is 12.6. The van der Waals surface area contributed by atoms with Gasteiger partial charge in [0.15, 0.2) is 0 Å². The minimum atomic E-state index is -0.209. The zero-order valence-corrected chi connectivity index (χ0v) is 16.7. The first-order chi connectivity index (χ1) is 14.1. The highest BCUT2D eigenvalue weighted by Gasteiger charge is 2.10. The summed E-state index contributed by atoms with van der Waals surface area (Å²) in [5, 5.41) is 8.95. The predicted octanol–water partition coefficient (Wildman–Crippen LogP) is 4.73. The fourth-order valence-electron chi connectivity index (χ4n) is 2.73. The van der Waals surface area contributed by atoms with E-state index in [1.807, 2.05) is 36.4 Å². The molecule has 1 aromatic heterocycles. The summed E-state index contributed by atoms with van der Waals surface area (Å²) in [7, 11) is 1.67. The molecule has 0 aliphatic carbocycles. The number of aromatic nitrogens is 1. The Morgan fingerprint density at radius 1 is 1.21 bits per heavy atom. The van der Waals surface area contributed by atoms with Crippen molar-refractivity contribution in [3.8, 4) is 11.3 Å². The molecule has 0 aliphatic heterocycles. The maximum absolute atomic E-state index is 12.6. The Morgan fingerprint density at radius 2 is 2.00 bits per heavy atom. The van der Waals surface area contributed by atoms with Crippen LogP contribution in [0.15, 0.2) is 77.0 Å². The van der Waals surface area contributed by atoms with Crippen LogP contribution in [-0.4, -0.2) is 36.0 Å². The third kappa shape index (κ3) is 5.27. The second kappa shape index (κ2) is 9.61. The van der Waals surface area contributed by atoms with Crippen molar-refractivity contribution in [2.45, 2.75) is 6.54 Å². The van der Waals surface area contributed by atoms with E-state index in [4.69, 9.17) is 11.6 Å². The lowest BCUT2D eigenvalue weighted by Gasteiger charge is -2.13. The summed E-state index contributed by atoms with van der Waals surface area (Å²) >= 11 is 6.30. The summed E-state index contributed by atoms with van der Waals surface area (Å²) in [4.78, 5) is 20.9. The molecular formula is C22H20ClN5O. The number of hydrazone groups is 1. The molecule has 0 aliphatic rings. The first kappa shape index (κ1) is 20.2. The first-order valence-corrected chi connectivity index (χ1v) is 9.25. The van der Waals surface area contributed by atoms with Crippen LogP contribution in [0.5, 0.6) is 0 Å². The highest BCUT2D eigenvalue weighted by Crippen LogP contribution is 2.29. The third-order valence-electron chi connectivity index (χ3n) is 4.16. The Balaban J connectivity index is 1.73. The largest absolute Gasteiger partial charge is 0.322 e. The van der Waals surface area contributed by atoms with Crippen LogP contribution in [0, 0.1) is 0 Å². The van der Waals surface area contributed by atoms with E-state index in [0.717, 1.165) is 16.8 Å². The molecule has 1 heterocycles. The van der Waals surface area contributed by atoms with Crippen LogP contribution in [0.25, 0.3) is 11.3 Å². The highest BCUT2D eigenvalue weighted by atomic mass is 35.5. The Bertz CT molecular complexity index is 1020. The summed E-state index contributed by atoms with van der Waals surface area (Å²) in [6.45, 7) is 4.03. The van der Waals surface area contributed by atoms with Gasteiger partial charge in [0.1, 0.15) is 6.34 Å². The number of hydrogen-bond donors (Lipinski definition) is 1. The molecule has 146 valence electrons. The number of carbonyl (C=O) groups is 1. The topological polar surface area (TPSA) is 70.0 Å². The molecule has 0 saturated carbocycles. The van der Waals surface area contributed by atoms with E-state index in [9.17, 15) is 4.79 Å². The summed E-state index contributed by atoms with van der Waals surface area (Å²) in [6.07, 6.45) is 3.29. The van der Waals surface area contributed by atoms with Crippen molar-refractivity contribution in [2.24, 2.45) is 10.1 Å². The number of amides is 1. The molecule has 0 radical (unpaired) electrons. The van der Waals surface area contributed by atoms with Gasteiger partial charge >= 0.3 is 0 Å². The van der Waals surface area contributed by atoms with E-state index in [1.54, 1.807) is 48.9 Å². The SMILES string of the molecule is C=NN(C=NC)Cc1ccc(C(=O)Nc2ccc(Cl)c(-c3ccccn3)c2)cc1. The van der Waals surface area contributed by atoms with Crippen LogP contribution >= 0.6 is 11.6 Å². The average molecular weight is 406 g/mol. The number of carbonyl (C=O) groups excluding carboxylic acids is 1. The monoisotopic (exact) mass is 405 g/mol. The normalized spacial score (nSPS) is 10.7. The molecule has 0 fully saturated rings. The second-order valence-corrected chi connectivity index (χ2v) is 6.58. The zero-order chi connectivity index (χ0) is 20.6. The number of nitrogens with one attached hydrogen (secondary N) is 1. The molecule has 1 N–H and O–H groups in total. The van der Waals surface area contributed by atoms with E-state index in [0.29, 0.717) is 22.8 Å². The van der Waals surface area contributed by atoms with Crippen LogP contribution in [-0.2, 0) is 6.54 Å². The molecule has 29 heavy (non-hydrogen) atoms. The number of benzene rings is 2. The fraction of sp³-hybridized carbons (Fsp3) is 0.0909. The Hall–Kier alpha value is -3.51. The molecule has 0 atom stereocenters. The van der Waals surface area contributed by atoms with Gasteiger partial charge in [-0.1, -0.05) is 29.8 Å². The minimum absolute atomic E-state index is 0.209. The van der Waals surface area contributed by atoms with Gasteiger partial charge in [0.2, 0.25) is 0 Å². The van der Waals surface area contributed by atoms with Crippen molar-refractivity contribution >= 4 is 36.3 Å². The van der Waals surface area contributed by atoms with Crippen LogP contribution in [0.2, 0.25) is 5.02 Å². The van der Waals surface area contributed by atoms with Crippen molar-refractivity contribution in [2.75, 3.05) is 12.4 Å². The second-order valence-electron chi connectivity index (χ2n) is 6.17. The number of rotatable bonds is 7. The van der Waals surface area contributed by atoms with Gasteiger partial charge in [-0.2, -0.15) is 5.10 Å². The Morgan fingerprint density at radius 3 is 2.66 bits per heavy atom. The first-order valence-electron chi connectivity index (χ1n) is 8.87. The van der Waals surface area contributed by atoms with Crippen molar-refractivity contribution < 1.29 is 4.79 Å². The number of hydrogen-bond acceptors (Lipinski definition) is 4. The minimum Gasteiger partial charge on any atom is -0.322 e. The van der Waals surface area contributed by atoms with E-state index in [2.05, 4.69) is 27.1 Å². The van der Waals surface area contributed by atoms with Crippen molar-refractivity contribution in [1.82, 2.24) is 9.99 Å². The number of pyridine rings is 1. The fourth-order valence-corrected chi connectivity index (χ4v) is 2.95. The standard InChI is InChI=1S/C22H20ClN5O/c1-24-15-28(25-2)14-16-6-8-17(9-7-16)22(29)27-18-10-11-20(23)19(13-18)21-5-3-4-12-26-21/h3-13,15H,2,14H2,1H3,(H,27,29). The quantitative estimate of drug-likeness (QED) is 0.351. The molecule has 2 aromatic carbocycles. The predicted molar refractivity (Wildman–Crippen MR) is 119 cm³/mol. The van der Waals surface area contributed by atoms with E-state index in [1.165, 1.54) is 0 Å². The summed E-state index contributed by atoms with van der Waals surface area (Å²) in [6, 6.07) is 18.2. The summed E-state index contributed by atoms with van der Waals surface area (Å²) in [5.41, 5.74) is 3.68. The summed E-state index contributed by atoms with van der Waals surface area (Å²) < 4.78 is 0. The van der Waals surface area contributed by atoms with Crippen molar-refractivity contribution in [3.63, 3.8) is 0 Å². The number of nitrogens with zero attached hydrogens (tertiary/aromatic N) is 4. The number of anilines is 1. The van der Waals surface area contributed by atoms with Crippen molar-refractivity contribution in [3.05, 3.63) is 83.0 Å². The van der Waals surface area contributed by atoms with Gasteiger partial charge in [-0.3, -0.25) is 19.8 Å².